The summed E-state index contributed by atoms with van der Waals surface area (Å²) in [5.41, 5.74) is 3.43. The lowest BCUT2D eigenvalue weighted by atomic mass is 10.1. The Morgan fingerprint density at radius 3 is 2.62 bits per heavy atom. The van der Waals surface area contributed by atoms with Gasteiger partial charge in [0.15, 0.2) is 5.82 Å². The number of rotatable bonds is 5. The van der Waals surface area contributed by atoms with Gasteiger partial charge in [-0.15, -0.1) is 15.0 Å². The molecule has 1 aromatic carbocycles. The molecule has 2 aromatic rings. The Hall–Kier alpha value is -2.39. The molecule has 0 fully saturated rings. The summed E-state index contributed by atoms with van der Waals surface area (Å²) in [4.78, 5) is 3.31. The van der Waals surface area contributed by atoms with Crippen LogP contribution >= 0.6 is 0 Å². The molecular formula is C15H19N5O. The highest BCUT2D eigenvalue weighted by Crippen LogP contribution is 2.18. The Bertz CT molecular complexity index is 671. The molecule has 1 N–H and O–H groups in total. The van der Waals surface area contributed by atoms with E-state index in [4.69, 9.17) is 5.11 Å². The second-order valence-corrected chi connectivity index (χ2v) is 4.85. The number of aliphatic hydroxyl groups is 1. The van der Waals surface area contributed by atoms with E-state index in [9.17, 15) is 5.26 Å². The molecule has 0 spiro atoms. The summed E-state index contributed by atoms with van der Waals surface area (Å²) in [7, 11) is 0. The molecule has 0 unspecified atom stereocenters. The number of likely N-dealkylation sites (N-methyl/N-ethyl adjacent to an activating group) is 1. The minimum Gasteiger partial charge on any atom is -0.395 e. The zero-order valence-electron chi connectivity index (χ0n) is 12.5. The van der Waals surface area contributed by atoms with Gasteiger partial charge in [0.1, 0.15) is 6.07 Å². The highest BCUT2D eigenvalue weighted by Gasteiger charge is 2.17. The van der Waals surface area contributed by atoms with Gasteiger partial charge in [0.2, 0.25) is 5.69 Å². The van der Waals surface area contributed by atoms with Gasteiger partial charge >= 0.3 is 0 Å². The summed E-state index contributed by atoms with van der Waals surface area (Å²) in [6, 6.07) is 7.99. The molecule has 0 aliphatic rings. The van der Waals surface area contributed by atoms with E-state index in [1.54, 1.807) is 0 Å². The lowest BCUT2D eigenvalue weighted by molar-refractivity contribution is 0.302. The van der Waals surface area contributed by atoms with Crippen LogP contribution in [0.5, 0.6) is 0 Å². The van der Waals surface area contributed by atoms with E-state index in [1.807, 2.05) is 43.9 Å². The van der Waals surface area contributed by atoms with Crippen molar-refractivity contribution < 1.29 is 5.11 Å². The van der Waals surface area contributed by atoms with Gasteiger partial charge in [-0.2, -0.15) is 5.26 Å². The van der Waals surface area contributed by atoms with E-state index in [1.165, 1.54) is 10.4 Å². The van der Waals surface area contributed by atoms with E-state index in [0.29, 0.717) is 18.9 Å². The number of anilines is 1. The Kier molecular flexibility index (Phi) is 4.55. The molecule has 110 valence electrons. The van der Waals surface area contributed by atoms with Gasteiger partial charge < -0.3 is 10.0 Å². The molecule has 0 saturated carbocycles. The molecule has 6 nitrogen and oxygen atoms in total. The van der Waals surface area contributed by atoms with Crippen LogP contribution in [-0.4, -0.2) is 39.8 Å². The first-order chi connectivity index (χ1) is 10.1. The maximum Gasteiger partial charge on any atom is 0.207 e. The molecule has 1 aromatic heterocycles. The second-order valence-electron chi connectivity index (χ2n) is 4.85. The van der Waals surface area contributed by atoms with Crippen molar-refractivity contribution in [3.05, 3.63) is 35.0 Å². The number of nitrogens with zero attached hydrogens (tertiary/aromatic N) is 5. The first-order valence-electron chi connectivity index (χ1n) is 6.91. The fraction of sp³-hybridized carbons (Fsp3) is 0.400. The van der Waals surface area contributed by atoms with E-state index in [2.05, 4.69) is 16.3 Å². The normalized spacial score (nSPS) is 10.4. The lowest BCUT2D eigenvalue weighted by Gasteiger charge is -2.18. The fourth-order valence-corrected chi connectivity index (χ4v) is 2.08. The topological polar surface area (TPSA) is 78.0 Å². The molecule has 0 radical (unpaired) electrons. The van der Waals surface area contributed by atoms with Crippen molar-refractivity contribution >= 4 is 5.82 Å². The number of hydrogen-bond donors (Lipinski definition) is 1. The first-order valence-corrected chi connectivity index (χ1v) is 6.91. The summed E-state index contributed by atoms with van der Waals surface area (Å²) in [5.74, 6) is 0.507. The summed E-state index contributed by atoms with van der Waals surface area (Å²) < 4.78 is 0. The van der Waals surface area contributed by atoms with Crippen molar-refractivity contribution in [3.63, 3.8) is 0 Å². The van der Waals surface area contributed by atoms with Crippen LogP contribution in [0.1, 0.15) is 23.7 Å². The number of aliphatic hydroxyl groups excluding tert-OH is 1. The van der Waals surface area contributed by atoms with Crippen LogP contribution in [0.25, 0.3) is 5.69 Å². The number of nitriles is 1. The SMILES string of the molecule is CCN(CCO)c1nn(-c2ccc(C)c(C)c2)nc1C#N. The number of hydrogen-bond acceptors (Lipinski definition) is 5. The summed E-state index contributed by atoms with van der Waals surface area (Å²) in [6.07, 6.45) is 0. The van der Waals surface area contributed by atoms with Crippen molar-refractivity contribution in [1.82, 2.24) is 15.0 Å². The summed E-state index contributed by atoms with van der Waals surface area (Å²) in [5, 5.41) is 27.0. The van der Waals surface area contributed by atoms with Gasteiger partial charge in [-0.25, -0.2) is 0 Å². The van der Waals surface area contributed by atoms with Crippen molar-refractivity contribution in [2.24, 2.45) is 0 Å². The number of aromatic nitrogens is 3. The van der Waals surface area contributed by atoms with Gasteiger partial charge in [0, 0.05) is 13.1 Å². The van der Waals surface area contributed by atoms with Crippen molar-refractivity contribution in [3.8, 4) is 11.8 Å². The highest BCUT2D eigenvalue weighted by molar-refractivity contribution is 5.50. The molecular weight excluding hydrogens is 266 g/mol. The van der Waals surface area contributed by atoms with E-state index in [0.717, 1.165) is 11.3 Å². The van der Waals surface area contributed by atoms with E-state index < -0.39 is 0 Å². The minimum atomic E-state index is 0.00914. The summed E-state index contributed by atoms with van der Waals surface area (Å²) >= 11 is 0. The predicted molar refractivity (Wildman–Crippen MR) is 80.5 cm³/mol. The zero-order valence-corrected chi connectivity index (χ0v) is 12.5. The van der Waals surface area contributed by atoms with Crippen LogP contribution in [0.3, 0.4) is 0 Å². The molecule has 0 aliphatic heterocycles. The average molecular weight is 285 g/mol. The van der Waals surface area contributed by atoms with Crippen LogP contribution in [-0.2, 0) is 0 Å². The molecule has 21 heavy (non-hydrogen) atoms. The minimum absolute atomic E-state index is 0.00914. The average Bonchev–Trinajstić information content (AvgIpc) is 2.91. The molecule has 0 saturated heterocycles. The van der Waals surface area contributed by atoms with Gasteiger partial charge in [-0.05, 0) is 44.0 Å². The van der Waals surface area contributed by atoms with Crippen molar-refractivity contribution in [2.45, 2.75) is 20.8 Å². The third-order valence-corrected chi connectivity index (χ3v) is 3.47. The Morgan fingerprint density at radius 1 is 1.29 bits per heavy atom. The third-order valence-electron chi connectivity index (χ3n) is 3.47. The second kappa shape index (κ2) is 6.37. The molecule has 0 atom stereocenters. The maximum atomic E-state index is 9.24. The molecule has 6 heteroatoms. The maximum absolute atomic E-state index is 9.24. The Balaban J connectivity index is 2.45. The standard InChI is InChI=1S/C15H19N5O/c1-4-19(7-8-21)15-14(10-16)17-20(18-15)13-6-5-11(2)12(3)9-13/h5-6,9,21H,4,7-8H2,1-3H3. The lowest BCUT2D eigenvalue weighted by Crippen LogP contribution is -2.27. The van der Waals surface area contributed by atoms with Crippen LogP contribution < -0.4 is 4.90 Å². The first kappa shape index (κ1) is 15.0. The molecule has 0 bridgehead atoms. The quantitative estimate of drug-likeness (QED) is 0.902. The van der Waals surface area contributed by atoms with Gasteiger partial charge in [-0.1, -0.05) is 6.07 Å². The van der Waals surface area contributed by atoms with E-state index in [-0.39, 0.29) is 12.3 Å². The van der Waals surface area contributed by atoms with E-state index >= 15 is 0 Å². The Labute approximate surface area is 124 Å². The predicted octanol–water partition coefficient (Wildman–Crippen LogP) is 1.57. The molecule has 0 amide bonds. The zero-order chi connectivity index (χ0) is 15.4. The van der Waals surface area contributed by atoms with Crippen LogP contribution in [0.4, 0.5) is 5.82 Å². The number of aryl methyl sites for hydroxylation is 2. The molecule has 0 aliphatic carbocycles. The van der Waals surface area contributed by atoms with Gasteiger partial charge in [0.25, 0.3) is 0 Å². The summed E-state index contributed by atoms with van der Waals surface area (Å²) in [6.45, 7) is 7.11. The largest absolute Gasteiger partial charge is 0.395 e. The fourth-order valence-electron chi connectivity index (χ4n) is 2.08. The number of benzene rings is 1. The third kappa shape index (κ3) is 3.03. The molecule has 2 rings (SSSR count). The van der Waals surface area contributed by atoms with Crippen molar-refractivity contribution in [2.75, 3.05) is 24.6 Å². The monoisotopic (exact) mass is 285 g/mol. The van der Waals surface area contributed by atoms with Crippen LogP contribution in [0.15, 0.2) is 18.2 Å². The van der Waals surface area contributed by atoms with Crippen LogP contribution in [0, 0.1) is 25.2 Å². The molecule has 1 heterocycles. The Morgan fingerprint density at radius 2 is 2.05 bits per heavy atom. The highest BCUT2D eigenvalue weighted by atomic mass is 16.3. The van der Waals surface area contributed by atoms with Crippen LogP contribution in [0.2, 0.25) is 0 Å². The van der Waals surface area contributed by atoms with Crippen molar-refractivity contribution in [1.29, 1.82) is 5.26 Å². The van der Waals surface area contributed by atoms with Gasteiger partial charge in [0.05, 0.1) is 12.3 Å². The van der Waals surface area contributed by atoms with Gasteiger partial charge in [-0.3, -0.25) is 0 Å². The smallest absolute Gasteiger partial charge is 0.207 e.